The van der Waals surface area contributed by atoms with Gasteiger partial charge in [-0.1, -0.05) is 13.8 Å². The molecule has 1 atom stereocenters. The van der Waals surface area contributed by atoms with E-state index in [-0.39, 0.29) is 11.7 Å². The summed E-state index contributed by atoms with van der Waals surface area (Å²) in [6.07, 6.45) is 0. The molecule has 1 amide bonds. The topological polar surface area (TPSA) is 108 Å². The summed E-state index contributed by atoms with van der Waals surface area (Å²) in [4.78, 5) is 47.7. The van der Waals surface area contributed by atoms with Gasteiger partial charge in [0.15, 0.2) is 0 Å². The van der Waals surface area contributed by atoms with E-state index < -0.39 is 46.3 Å². The Kier molecular flexibility index (Phi) is 10.2. The molecule has 0 rings (SSSR count). The quantitative estimate of drug-likeness (QED) is 0.348. The van der Waals surface area contributed by atoms with Crippen LogP contribution in [0.1, 0.15) is 48.5 Å². The van der Waals surface area contributed by atoms with Crippen molar-refractivity contribution in [2.45, 2.75) is 64.9 Å². The van der Waals surface area contributed by atoms with Crippen LogP contribution >= 0.6 is 24.4 Å². The fourth-order valence-corrected chi connectivity index (χ4v) is 2.39. The number of rotatable bonds is 8. The Hall–Kier alpha value is -1.42. The number of hydrogen-bond acceptors (Lipinski definition) is 9. The molecule has 0 aromatic carbocycles. The molecule has 27 heavy (non-hydrogen) atoms. The number of ether oxygens (including phenoxy) is 3. The van der Waals surface area contributed by atoms with E-state index in [4.69, 9.17) is 14.2 Å². The highest BCUT2D eigenvalue weighted by molar-refractivity contribution is 8.15. The molecule has 0 aromatic rings. The number of thioether (sulfide) groups is 1. The summed E-state index contributed by atoms with van der Waals surface area (Å²) in [5, 5.41) is 1.73. The number of carbonyl (C=O) groups is 4. The molecular formula is C17H29NO7S2. The molecule has 0 fully saturated rings. The molecule has 10 heteroatoms. The van der Waals surface area contributed by atoms with Gasteiger partial charge in [-0.3, -0.25) is 9.59 Å². The summed E-state index contributed by atoms with van der Waals surface area (Å²) in [7, 11) is 0. The lowest BCUT2D eigenvalue weighted by molar-refractivity contribution is -0.158. The van der Waals surface area contributed by atoms with Gasteiger partial charge in [0.2, 0.25) is 12.7 Å². The molecule has 8 nitrogen and oxygen atoms in total. The van der Waals surface area contributed by atoms with E-state index in [9.17, 15) is 19.2 Å². The van der Waals surface area contributed by atoms with E-state index in [1.165, 1.54) is 13.8 Å². The maximum absolute atomic E-state index is 12.4. The van der Waals surface area contributed by atoms with Crippen molar-refractivity contribution in [3.05, 3.63) is 0 Å². The van der Waals surface area contributed by atoms with Crippen molar-refractivity contribution >= 4 is 47.5 Å². The maximum Gasteiger partial charge on any atom is 0.371 e. The van der Waals surface area contributed by atoms with Crippen LogP contribution in [0.15, 0.2) is 0 Å². The molecule has 0 bridgehead atoms. The van der Waals surface area contributed by atoms with E-state index >= 15 is 0 Å². The summed E-state index contributed by atoms with van der Waals surface area (Å²) in [5.41, 5.74) is -0.704. The van der Waals surface area contributed by atoms with Gasteiger partial charge in [-0.05, 0) is 46.4 Å². The van der Waals surface area contributed by atoms with Gasteiger partial charge in [-0.25, -0.2) is 9.59 Å². The number of amides is 1. The summed E-state index contributed by atoms with van der Waals surface area (Å²) in [5.74, 6) is -1.98. The highest BCUT2D eigenvalue weighted by Gasteiger charge is 2.36. The molecule has 156 valence electrons. The van der Waals surface area contributed by atoms with Crippen molar-refractivity contribution in [2.24, 2.45) is 5.92 Å². The second-order valence-electron chi connectivity index (χ2n) is 7.48. The summed E-state index contributed by atoms with van der Waals surface area (Å²) in [6.45, 7) is 10.9. The number of nitrogens with one attached hydrogen (secondary N) is 1. The lowest BCUT2D eigenvalue weighted by Crippen LogP contribution is -2.51. The van der Waals surface area contributed by atoms with Gasteiger partial charge < -0.3 is 19.5 Å². The predicted octanol–water partition coefficient (Wildman–Crippen LogP) is 2.55. The summed E-state index contributed by atoms with van der Waals surface area (Å²) in [6, 6.07) is -0.956. The number of hydrogen-bond donors (Lipinski definition) is 2. The molecule has 0 aliphatic rings. The second kappa shape index (κ2) is 10.8. The minimum Gasteiger partial charge on any atom is -0.458 e. The molecule has 1 N–H and O–H groups in total. The summed E-state index contributed by atoms with van der Waals surface area (Å²) >= 11 is 4.67. The zero-order valence-electron chi connectivity index (χ0n) is 16.8. The van der Waals surface area contributed by atoms with Crippen LogP contribution in [0.2, 0.25) is 0 Å². The van der Waals surface area contributed by atoms with E-state index in [1.54, 1.807) is 34.6 Å². The van der Waals surface area contributed by atoms with Gasteiger partial charge in [-0.2, -0.15) is 12.6 Å². The third kappa shape index (κ3) is 10.5. The Labute approximate surface area is 169 Å². The molecular weight excluding hydrogens is 394 g/mol. The first-order valence-electron chi connectivity index (χ1n) is 8.36. The molecule has 0 unspecified atom stereocenters. The van der Waals surface area contributed by atoms with Gasteiger partial charge in [0.05, 0.1) is 10.7 Å². The Morgan fingerprint density at radius 1 is 1.00 bits per heavy atom. The molecule has 0 aliphatic heterocycles. The number of esters is 2. The van der Waals surface area contributed by atoms with E-state index in [0.29, 0.717) is 11.8 Å². The normalized spacial score (nSPS) is 12.9. The molecule has 0 spiro atoms. The average molecular weight is 424 g/mol. The van der Waals surface area contributed by atoms with Gasteiger partial charge in [0, 0.05) is 5.75 Å². The van der Waals surface area contributed by atoms with Gasteiger partial charge in [-0.15, -0.1) is 0 Å². The van der Waals surface area contributed by atoms with Crippen molar-refractivity contribution in [1.29, 1.82) is 0 Å². The molecule has 0 saturated heterocycles. The monoisotopic (exact) mass is 423 g/mol. The van der Waals surface area contributed by atoms with Crippen LogP contribution < -0.4 is 5.32 Å². The third-order valence-electron chi connectivity index (χ3n) is 2.91. The van der Waals surface area contributed by atoms with E-state index in [0.717, 1.165) is 0 Å². The highest BCUT2D eigenvalue weighted by Crippen LogP contribution is 2.27. The fourth-order valence-electron chi connectivity index (χ4n) is 1.47. The first-order chi connectivity index (χ1) is 12.2. The molecule has 0 aliphatic carbocycles. The summed E-state index contributed by atoms with van der Waals surface area (Å²) < 4.78 is 13.5. The smallest absolute Gasteiger partial charge is 0.371 e. The predicted molar refractivity (Wildman–Crippen MR) is 106 cm³/mol. The van der Waals surface area contributed by atoms with Crippen molar-refractivity contribution in [3.63, 3.8) is 0 Å². The second-order valence-corrected chi connectivity index (χ2v) is 9.41. The van der Waals surface area contributed by atoms with E-state index in [2.05, 4.69) is 17.9 Å². The molecule has 0 saturated carbocycles. The maximum atomic E-state index is 12.4. The lowest BCUT2D eigenvalue weighted by Gasteiger charge is -2.27. The SMILES string of the molecule is CC(C)C(=O)OCOC(=O)SC(C)(C)C(=O)N[C@@H](CS)C(=O)OC(C)(C)C. The Morgan fingerprint density at radius 3 is 2.00 bits per heavy atom. The van der Waals surface area contributed by atoms with Crippen LogP contribution in [0.3, 0.4) is 0 Å². The Morgan fingerprint density at radius 2 is 1.56 bits per heavy atom. The minimum atomic E-state index is -1.23. The third-order valence-corrected chi connectivity index (χ3v) is 4.26. The van der Waals surface area contributed by atoms with Gasteiger partial charge >= 0.3 is 17.2 Å². The Balaban J connectivity index is 4.66. The first-order valence-corrected chi connectivity index (χ1v) is 9.81. The molecule has 0 radical (unpaired) electrons. The Bertz CT molecular complexity index is 556. The molecule has 0 aromatic heterocycles. The standard InChI is InChI=1S/C17H29NO7S2/c1-10(2)12(19)23-9-24-15(22)27-17(6,7)14(21)18-11(8-26)13(20)25-16(3,4)5/h10-11,26H,8-9H2,1-7H3,(H,18,21)/t11-/m0/s1. The first kappa shape index (κ1) is 25.6. The van der Waals surface area contributed by atoms with Crippen molar-refractivity contribution < 1.29 is 33.4 Å². The largest absolute Gasteiger partial charge is 0.458 e. The van der Waals surface area contributed by atoms with Crippen LogP contribution in [-0.4, -0.2) is 52.1 Å². The van der Waals surface area contributed by atoms with E-state index in [1.807, 2.05) is 0 Å². The van der Waals surface area contributed by atoms with Crippen LogP contribution in [0.5, 0.6) is 0 Å². The van der Waals surface area contributed by atoms with Gasteiger partial charge in [0.1, 0.15) is 11.6 Å². The highest BCUT2D eigenvalue weighted by atomic mass is 32.2. The zero-order valence-corrected chi connectivity index (χ0v) is 18.5. The van der Waals surface area contributed by atoms with Crippen molar-refractivity contribution in [2.75, 3.05) is 12.5 Å². The fraction of sp³-hybridized carbons (Fsp3) is 0.765. The minimum absolute atomic E-state index is 0.0387. The zero-order chi connectivity index (χ0) is 21.4. The average Bonchev–Trinajstić information content (AvgIpc) is 2.49. The van der Waals surface area contributed by atoms with Crippen LogP contribution in [0, 0.1) is 5.92 Å². The number of carbonyl (C=O) groups excluding carboxylic acids is 4. The van der Waals surface area contributed by atoms with Crippen LogP contribution in [-0.2, 0) is 28.6 Å². The van der Waals surface area contributed by atoms with Gasteiger partial charge in [0.25, 0.3) is 0 Å². The number of thiol groups is 1. The molecule has 0 heterocycles. The van der Waals surface area contributed by atoms with Crippen LogP contribution in [0.4, 0.5) is 4.79 Å². The lowest BCUT2D eigenvalue weighted by atomic mass is 10.1. The van der Waals surface area contributed by atoms with Crippen molar-refractivity contribution in [3.8, 4) is 0 Å². The van der Waals surface area contributed by atoms with Crippen LogP contribution in [0.25, 0.3) is 0 Å². The van der Waals surface area contributed by atoms with Crippen molar-refractivity contribution in [1.82, 2.24) is 5.32 Å².